The van der Waals surface area contributed by atoms with Crippen LogP contribution in [0.5, 0.6) is 0 Å². The first-order valence-electron chi connectivity index (χ1n) is 8.25. The lowest BCUT2D eigenvalue weighted by atomic mass is 9.98. The van der Waals surface area contributed by atoms with E-state index in [0.29, 0.717) is 16.5 Å². The van der Waals surface area contributed by atoms with Crippen molar-refractivity contribution in [2.75, 3.05) is 0 Å². The SMILES string of the molecule is OS(O)(OC1CCCCC1)C1C=CC(c2cc(Cl)ccc2Cl)=CC1. The van der Waals surface area contributed by atoms with Crippen LogP contribution in [-0.4, -0.2) is 20.5 Å². The van der Waals surface area contributed by atoms with Crippen molar-refractivity contribution >= 4 is 39.6 Å². The third kappa shape index (κ3) is 4.37. The maximum absolute atomic E-state index is 10.4. The van der Waals surface area contributed by atoms with Crippen LogP contribution in [0, 0.1) is 0 Å². The van der Waals surface area contributed by atoms with Gasteiger partial charge in [0.25, 0.3) is 0 Å². The summed E-state index contributed by atoms with van der Waals surface area (Å²) in [6, 6.07) is 5.33. The summed E-state index contributed by atoms with van der Waals surface area (Å²) in [5.74, 6) is 0. The molecule has 2 N–H and O–H groups in total. The molecule has 132 valence electrons. The summed E-state index contributed by atoms with van der Waals surface area (Å²) in [4.78, 5) is 0. The predicted octanol–water partition coefficient (Wildman–Crippen LogP) is 6.72. The summed E-state index contributed by atoms with van der Waals surface area (Å²) in [5.41, 5.74) is 1.79. The topological polar surface area (TPSA) is 49.7 Å². The minimum Gasteiger partial charge on any atom is -0.308 e. The molecule has 1 fully saturated rings. The molecule has 0 saturated heterocycles. The zero-order chi connectivity index (χ0) is 17.2. The first-order valence-corrected chi connectivity index (χ1v) is 10.5. The Morgan fingerprint density at radius 2 is 1.83 bits per heavy atom. The van der Waals surface area contributed by atoms with Crippen LogP contribution >= 0.6 is 34.1 Å². The largest absolute Gasteiger partial charge is 0.308 e. The van der Waals surface area contributed by atoms with Crippen molar-refractivity contribution in [3.05, 3.63) is 52.0 Å². The van der Waals surface area contributed by atoms with E-state index < -0.39 is 16.1 Å². The lowest BCUT2D eigenvalue weighted by Crippen LogP contribution is -2.25. The third-order valence-electron chi connectivity index (χ3n) is 4.52. The molecule has 6 heteroatoms. The van der Waals surface area contributed by atoms with E-state index in [0.717, 1.165) is 36.8 Å². The smallest absolute Gasteiger partial charge is 0.0910 e. The Morgan fingerprint density at radius 1 is 1.08 bits per heavy atom. The molecule has 0 spiro atoms. The van der Waals surface area contributed by atoms with Gasteiger partial charge in [0.2, 0.25) is 0 Å². The molecular weight excluding hydrogens is 367 g/mol. The van der Waals surface area contributed by atoms with E-state index in [-0.39, 0.29) is 6.10 Å². The Kier molecular flexibility index (Phi) is 5.96. The summed E-state index contributed by atoms with van der Waals surface area (Å²) < 4.78 is 26.5. The molecule has 3 nitrogen and oxygen atoms in total. The summed E-state index contributed by atoms with van der Waals surface area (Å²) >= 11 is 12.3. The van der Waals surface area contributed by atoms with Crippen molar-refractivity contribution in [3.8, 4) is 0 Å². The summed E-state index contributed by atoms with van der Waals surface area (Å²) in [5, 5.41) is 0.829. The zero-order valence-electron chi connectivity index (χ0n) is 13.3. The first-order chi connectivity index (χ1) is 11.5. The number of hydrogen-bond acceptors (Lipinski definition) is 3. The third-order valence-corrected chi connectivity index (χ3v) is 6.78. The van der Waals surface area contributed by atoms with E-state index in [2.05, 4.69) is 0 Å². The highest BCUT2D eigenvalue weighted by Gasteiger charge is 2.33. The van der Waals surface area contributed by atoms with Gasteiger partial charge in [-0.2, -0.15) is 0 Å². The molecule has 2 aliphatic carbocycles. The highest BCUT2D eigenvalue weighted by Crippen LogP contribution is 2.51. The fourth-order valence-corrected chi connectivity index (χ4v) is 4.94. The van der Waals surface area contributed by atoms with Crippen LogP contribution in [0.25, 0.3) is 5.57 Å². The fraction of sp³-hybridized carbons (Fsp3) is 0.444. The van der Waals surface area contributed by atoms with Crippen molar-refractivity contribution in [3.63, 3.8) is 0 Å². The lowest BCUT2D eigenvalue weighted by Gasteiger charge is -2.38. The quantitative estimate of drug-likeness (QED) is 0.601. The molecule has 0 radical (unpaired) electrons. The van der Waals surface area contributed by atoms with Crippen molar-refractivity contribution in [1.29, 1.82) is 0 Å². The van der Waals surface area contributed by atoms with Crippen LogP contribution < -0.4 is 0 Å². The Morgan fingerprint density at radius 3 is 2.50 bits per heavy atom. The Balaban J connectivity index is 1.68. The number of allylic oxidation sites excluding steroid dienone is 3. The van der Waals surface area contributed by atoms with Crippen molar-refractivity contribution in [2.45, 2.75) is 49.9 Å². The van der Waals surface area contributed by atoms with Gasteiger partial charge in [0, 0.05) is 15.6 Å². The van der Waals surface area contributed by atoms with Crippen molar-refractivity contribution in [1.82, 2.24) is 0 Å². The van der Waals surface area contributed by atoms with E-state index in [1.165, 1.54) is 6.42 Å². The molecule has 24 heavy (non-hydrogen) atoms. The lowest BCUT2D eigenvalue weighted by molar-refractivity contribution is 0.136. The second kappa shape index (κ2) is 7.81. The van der Waals surface area contributed by atoms with Gasteiger partial charge >= 0.3 is 0 Å². The van der Waals surface area contributed by atoms with Gasteiger partial charge in [0.1, 0.15) is 0 Å². The van der Waals surface area contributed by atoms with Gasteiger partial charge in [-0.3, -0.25) is 4.18 Å². The van der Waals surface area contributed by atoms with Gasteiger partial charge in [0.05, 0.1) is 22.2 Å². The van der Waals surface area contributed by atoms with Gasteiger partial charge < -0.3 is 9.11 Å². The monoisotopic (exact) mass is 388 g/mol. The molecule has 1 aromatic rings. The number of hydrogen-bond donors (Lipinski definition) is 2. The Bertz CT molecular complexity index is 652. The summed E-state index contributed by atoms with van der Waals surface area (Å²) in [6.07, 6.45) is 11.3. The number of rotatable bonds is 4. The molecule has 1 atom stereocenters. The van der Waals surface area contributed by atoms with E-state index in [4.69, 9.17) is 27.4 Å². The van der Waals surface area contributed by atoms with E-state index in [9.17, 15) is 9.11 Å². The second-order valence-electron chi connectivity index (χ2n) is 6.31. The summed E-state index contributed by atoms with van der Waals surface area (Å²) in [6.45, 7) is 0. The van der Waals surface area contributed by atoms with Gasteiger partial charge in [-0.15, -0.1) is 0 Å². The average molecular weight is 389 g/mol. The molecule has 1 saturated carbocycles. The Labute approximate surface area is 154 Å². The molecular formula is C18H22Cl2O3S. The Hall–Kier alpha value is -0.490. The molecule has 1 unspecified atom stereocenters. The predicted molar refractivity (Wildman–Crippen MR) is 103 cm³/mol. The zero-order valence-corrected chi connectivity index (χ0v) is 15.7. The molecule has 3 rings (SSSR count). The van der Waals surface area contributed by atoms with Crippen molar-refractivity contribution in [2.24, 2.45) is 0 Å². The minimum atomic E-state index is -3.10. The normalized spacial score (nSPS) is 23.2. The molecule has 0 bridgehead atoms. The fourth-order valence-electron chi connectivity index (χ4n) is 3.18. The standard InChI is InChI=1S/C18H22Cl2O3S/c19-14-8-11-18(20)17(12-14)13-6-9-16(10-7-13)24(21,22)23-15-4-2-1-3-5-15/h6-9,11-12,15-16,21-22H,1-5,10H2. The molecule has 0 amide bonds. The van der Waals surface area contributed by atoms with Crippen LogP contribution in [0.2, 0.25) is 10.0 Å². The van der Waals surface area contributed by atoms with Gasteiger partial charge in [-0.05, 0) is 43.0 Å². The van der Waals surface area contributed by atoms with E-state index in [1.54, 1.807) is 12.1 Å². The van der Waals surface area contributed by atoms with Crippen LogP contribution in [0.15, 0.2) is 36.4 Å². The van der Waals surface area contributed by atoms with Crippen molar-refractivity contribution < 1.29 is 13.3 Å². The molecule has 1 aromatic carbocycles. The molecule has 0 heterocycles. The highest BCUT2D eigenvalue weighted by atomic mass is 35.5. The molecule has 0 aromatic heterocycles. The van der Waals surface area contributed by atoms with E-state index >= 15 is 0 Å². The molecule has 2 aliphatic rings. The van der Waals surface area contributed by atoms with Gasteiger partial charge in [-0.1, -0.05) is 60.7 Å². The maximum Gasteiger partial charge on any atom is 0.0910 e. The van der Waals surface area contributed by atoms with Gasteiger partial charge in [0.15, 0.2) is 0 Å². The highest BCUT2D eigenvalue weighted by molar-refractivity contribution is 8.20. The number of benzene rings is 1. The van der Waals surface area contributed by atoms with Crippen LogP contribution in [-0.2, 0) is 4.18 Å². The van der Waals surface area contributed by atoms with Gasteiger partial charge in [-0.25, -0.2) is 0 Å². The molecule has 0 aliphatic heterocycles. The first kappa shape index (κ1) is 18.3. The van der Waals surface area contributed by atoms with Crippen LogP contribution in [0.4, 0.5) is 0 Å². The summed E-state index contributed by atoms with van der Waals surface area (Å²) in [7, 11) is -3.10. The minimum absolute atomic E-state index is 0.0371. The maximum atomic E-state index is 10.4. The number of halogens is 2. The van der Waals surface area contributed by atoms with E-state index in [1.807, 2.05) is 24.3 Å². The second-order valence-corrected chi connectivity index (χ2v) is 9.03. The van der Waals surface area contributed by atoms with Crippen LogP contribution in [0.3, 0.4) is 0 Å². The van der Waals surface area contributed by atoms with Crippen LogP contribution in [0.1, 0.15) is 44.1 Å². The average Bonchev–Trinajstić information content (AvgIpc) is 2.58.